The molecule has 4 nitrogen and oxygen atoms in total. The molecule has 0 saturated heterocycles. The number of ether oxygens (including phenoxy) is 1. The summed E-state index contributed by atoms with van der Waals surface area (Å²) < 4.78 is 4.89. The first-order valence-corrected chi connectivity index (χ1v) is 6.69. The Balaban J connectivity index is 2.01. The molecule has 94 valence electrons. The molecule has 5 heteroatoms. The number of aromatic nitrogens is 2. The zero-order chi connectivity index (χ0) is 12.8. The molecule has 0 spiro atoms. The van der Waals surface area contributed by atoms with E-state index in [0.29, 0.717) is 0 Å². The van der Waals surface area contributed by atoms with Crippen LogP contribution in [0.2, 0.25) is 0 Å². The van der Waals surface area contributed by atoms with Crippen LogP contribution in [0.3, 0.4) is 0 Å². The lowest BCUT2D eigenvalue weighted by Crippen LogP contribution is -2.21. The molecule has 0 aromatic carbocycles. The highest BCUT2D eigenvalue weighted by atomic mass is 32.1. The molecule has 0 atom stereocenters. The molecule has 18 heavy (non-hydrogen) atoms. The average Bonchev–Trinajstić information content (AvgIpc) is 2.83. The molecule has 0 unspecified atom stereocenters. The number of aromatic amines is 1. The van der Waals surface area contributed by atoms with E-state index in [-0.39, 0.29) is 5.97 Å². The molecule has 0 aliphatic heterocycles. The zero-order valence-electron chi connectivity index (χ0n) is 10.3. The van der Waals surface area contributed by atoms with Gasteiger partial charge in [-0.1, -0.05) is 0 Å². The number of nitrogens with zero attached hydrogens (tertiary/aromatic N) is 1. The van der Waals surface area contributed by atoms with E-state index in [2.05, 4.69) is 9.97 Å². The lowest BCUT2D eigenvalue weighted by Gasteiger charge is -2.08. The number of aryl methyl sites for hydroxylation is 1. The standard InChI is InChI=1S/C13H14N2O2S/c1-8-10(9-4-3-7-14-9)15-11(18-8)13(5-6-13)12(16)17-2/h3-4,7,14H,5-6H2,1-2H3. The second-order valence-corrected chi connectivity index (χ2v) is 5.78. The third kappa shape index (κ3) is 1.58. The number of H-pyrrole nitrogens is 1. The number of rotatable bonds is 3. The number of thiazole rings is 1. The molecule has 1 saturated carbocycles. The summed E-state index contributed by atoms with van der Waals surface area (Å²) in [6.45, 7) is 2.03. The number of hydrogen-bond acceptors (Lipinski definition) is 4. The molecule has 1 aliphatic carbocycles. The molecule has 1 fully saturated rings. The third-order valence-corrected chi connectivity index (χ3v) is 4.56. The third-order valence-electron chi connectivity index (χ3n) is 3.39. The number of esters is 1. The van der Waals surface area contributed by atoms with Crippen LogP contribution in [0, 0.1) is 6.92 Å². The molecule has 0 radical (unpaired) electrons. The van der Waals surface area contributed by atoms with Crippen molar-refractivity contribution in [2.45, 2.75) is 25.2 Å². The van der Waals surface area contributed by atoms with Crippen LogP contribution < -0.4 is 0 Å². The van der Waals surface area contributed by atoms with Crippen molar-refractivity contribution in [3.05, 3.63) is 28.2 Å². The van der Waals surface area contributed by atoms with Crippen molar-refractivity contribution in [3.8, 4) is 11.4 Å². The van der Waals surface area contributed by atoms with Gasteiger partial charge in [-0.2, -0.15) is 0 Å². The monoisotopic (exact) mass is 262 g/mol. The van der Waals surface area contributed by atoms with Crippen molar-refractivity contribution in [2.24, 2.45) is 0 Å². The van der Waals surface area contributed by atoms with Crippen LogP contribution in [0.15, 0.2) is 18.3 Å². The van der Waals surface area contributed by atoms with Crippen LogP contribution in [0.5, 0.6) is 0 Å². The second kappa shape index (κ2) is 3.95. The molecular weight excluding hydrogens is 248 g/mol. The van der Waals surface area contributed by atoms with Gasteiger partial charge in [0.2, 0.25) is 0 Å². The molecule has 2 aromatic heterocycles. The van der Waals surface area contributed by atoms with Gasteiger partial charge >= 0.3 is 5.97 Å². The Labute approximate surface area is 109 Å². The fourth-order valence-electron chi connectivity index (χ4n) is 2.15. The van der Waals surface area contributed by atoms with Gasteiger partial charge in [-0.3, -0.25) is 4.79 Å². The van der Waals surface area contributed by atoms with E-state index in [1.807, 2.05) is 25.3 Å². The van der Waals surface area contributed by atoms with Crippen LogP contribution in [0.25, 0.3) is 11.4 Å². The van der Waals surface area contributed by atoms with E-state index in [9.17, 15) is 4.79 Å². The molecule has 1 aliphatic rings. The number of nitrogens with one attached hydrogen (secondary N) is 1. The van der Waals surface area contributed by atoms with Gasteiger partial charge in [0.25, 0.3) is 0 Å². The van der Waals surface area contributed by atoms with Crippen molar-refractivity contribution >= 4 is 17.3 Å². The molecule has 3 rings (SSSR count). The lowest BCUT2D eigenvalue weighted by atomic mass is 10.1. The molecular formula is C13H14N2O2S. The number of carbonyl (C=O) groups is 1. The molecule has 0 amide bonds. The lowest BCUT2D eigenvalue weighted by molar-refractivity contribution is -0.143. The van der Waals surface area contributed by atoms with Crippen LogP contribution >= 0.6 is 11.3 Å². The number of carbonyl (C=O) groups excluding carboxylic acids is 1. The van der Waals surface area contributed by atoms with Crippen LogP contribution in [0.1, 0.15) is 22.7 Å². The van der Waals surface area contributed by atoms with E-state index in [1.54, 1.807) is 11.3 Å². The predicted molar refractivity (Wildman–Crippen MR) is 69.6 cm³/mol. The largest absolute Gasteiger partial charge is 0.468 e. The summed E-state index contributed by atoms with van der Waals surface area (Å²) in [7, 11) is 1.44. The summed E-state index contributed by atoms with van der Waals surface area (Å²) in [6.07, 6.45) is 3.56. The zero-order valence-corrected chi connectivity index (χ0v) is 11.1. The summed E-state index contributed by atoms with van der Waals surface area (Å²) >= 11 is 1.59. The average molecular weight is 262 g/mol. The van der Waals surface area contributed by atoms with Crippen LogP contribution in [-0.2, 0) is 14.9 Å². The highest BCUT2D eigenvalue weighted by molar-refractivity contribution is 7.12. The van der Waals surface area contributed by atoms with Gasteiger partial charge in [0.15, 0.2) is 0 Å². The van der Waals surface area contributed by atoms with E-state index in [4.69, 9.17) is 4.74 Å². The summed E-state index contributed by atoms with van der Waals surface area (Å²) in [5, 5.41) is 0.886. The highest BCUT2D eigenvalue weighted by Crippen LogP contribution is 2.51. The summed E-state index contributed by atoms with van der Waals surface area (Å²) in [5.74, 6) is -0.158. The van der Waals surface area contributed by atoms with E-state index < -0.39 is 5.41 Å². The maximum absolute atomic E-state index is 11.8. The van der Waals surface area contributed by atoms with Crippen molar-refractivity contribution in [1.82, 2.24) is 9.97 Å². The topological polar surface area (TPSA) is 55.0 Å². The minimum Gasteiger partial charge on any atom is -0.468 e. The maximum Gasteiger partial charge on any atom is 0.318 e. The quantitative estimate of drug-likeness (QED) is 0.865. The molecule has 0 bridgehead atoms. The second-order valence-electron chi connectivity index (χ2n) is 4.58. The first-order valence-electron chi connectivity index (χ1n) is 5.87. The Morgan fingerprint density at radius 3 is 2.89 bits per heavy atom. The minimum absolute atomic E-state index is 0.158. The van der Waals surface area contributed by atoms with Crippen molar-refractivity contribution in [1.29, 1.82) is 0 Å². The minimum atomic E-state index is -0.463. The fourth-order valence-corrected chi connectivity index (χ4v) is 3.32. The van der Waals surface area contributed by atoms with E-state index in [1.165, 1.54) is 7.11 Å². The first kappa shape index (κ1) is 11.5. The molecule has 2 aromatic rings. The van der Waals surface area contributed by atoms with Crippen molar-refractivity contribution in [3.63, 3.8) is 0 Å². The number of hydrogen-bond donors (Lipinski definition) is 1. The van der Waals surface area contributed by atoms with Gasteiger partial charge in [0.1, 0.15) is 16.1 Å². The highest BCUT2D eigenvalue weighted by Gasteiger charge is 2.55. The predicted octanol–water partition coefficient (Wildman–Crippen LogP) is 2.65. The summed E-state index contributed by atoms with van der Waals surface area (Å²) in [6, 6.07) is 3.94. The van der Waals surface area contributed by atoms with Gasteiger partial charge in [-0.05, 0) is 31.9 Å². The maximum atomic E-state index is 11.8. The van der Waals surface area contributed by atoms with Crippen LogP contribution in [0.4, 0.5) is 0 Å². The Bertz CT molecular complexity index is 582. The van der Waals surface area contributed by atoms with E-state index in [0.717, 1.165) is 34.1 Å². The van der Waals surface area contributed by atoms with Crippen LogP contribution in [-0.4, -0.2) is 23.0 Å². The van der Waals surface area contributed by atoms with Gasteiger partial charge in [0, 0.05) is 11.1 Å². The normalized spacial score (nSPS) is 16.6. The van der Waals surface area contributed by atoms with Crippen molar-refractivity contribution in [2.75, 3.05) is 7.11 Å². The Morgan fingerprint density at radius 1 is 1.56 bits per heavy atom. The molecule has 2 heterocycles. The van der Waals surface area contributed by atoms with Gasteiger partial charge < -0.3 is 9.72 Å². The van der Waals surface area contributed by atoms with E-state index >= 15 is 0 Å². The number of methoxy groups -OCH3 is 1. The van der Waals surface area contributed by atoms with Gasteiger partial charge in [-0.15, -0.1) is 11.3 Å². The Hall–Kier alpha value is -1.62. The summed E-state index contributed by atoms with van der Waals surface area (Å²) in [5.41, 5.74) is 1.47. The first-order chi connectivity index (χ1) is 8.67. The van der Waals surface area contributed by atoms with Gasteiger partial charge in [0.05, 0.1) is 12.8 Å². The molecule has 1 N–H and O–H groups in total. The Morgan fingerprint density at radius 2 is 2.33 bits per heavy atom. The Kier molecular flexibility index (Phi) is 2.52. The fraction of sp³-hybridized carbons (Fsp3) is 0.385. The van der Waals surface area contributed by atoms with Crippen molar-refractivity contribution < 1.29 is 9.53 Å². The smallest absolute Gasteiger partial charge is 0.318 e. The summed E-state index contributed by atoms with van der Waals surface area (Å²) in [4.78, 5) is 20.8. The SMILES string of the molecule is COC(=O)C1(c2nc(-c3ccc[nH]3)c(C)s2)CC1. The van der Waals surface area contributed by atoms with Gasteiger partial charge in [-0.25, -0.2) is 4.98 Å².